The zero-order valence-electron chi connectivity index (χ0n) is 12.7. The van der Waals surface area contributed by atoms with Gasteiger partial charge in [-0.25, -0.2) is 0 Å². The molecule has 1 aromatic carbocycles. The van der Waals surface area contributed by atoms with Crippen LogP contribution in [-0.2, 0) is 4.79 Å². The minimum atomic E-state index is 0.0755. The second-order valence-electron chi connectivity index (χ2n) is 6.04. The van der Waals surface area contributed by atoms with Gasteiger partial charge in [-0.15, -0.1) is 0 Å². The average Bonchev–Trinajstić information content (AvgIpc) is 2.88. The van der Waals surface area contributed by atoms with Crippen molar-refractivity contribution in [2.45, 2.75) is 32.4 Å². The fraction of sp³-hybridized carbons (Fsp3) is 0.471. The molecule has 4 nitrogen and oxygen atoms in total. The summed E-state index contributed by atoms with van der Waals surface area (Å²) in [4.78, 5) is 14.2. The van der Waals surface area contributed by atoms with Crippen LogP contribution in [0, 0.1) is 0 Å². The van der Waals surface area contributed by atoms with Crippen LogP contribution in [0.4, 0.5) is 5.69 Å². The van der Waals surface area contributed by atoms with Crippen LogP contribution in [0.15, 0.2) is 29.8 Å². The number of carbonyl (C=O) groups excluding carboxylic acids is 1. The molecular formula is C17H23N3O. The van der Waals surface area contributed by atoms with Gasteiger partial charge in [0, 0.05) is 43.0 Å². The first kappa shape index (κ1) is 14.1. The summed E-state index contributed by atoms with van der Waals surface area (Å²) >= 11 is 0. The van der Waals surface area contributed by atoms with Gasteiger partial charge in [-0.1, -0.05) is 18.2 Å². The molecule has 0 saturated carbocycles. The molecule has 2 N–H and O–H groups in total. The molecule has 0 bridgehead atoms. The number of rotatable bonds is 2. The van der Waals surface area contributed by atoms with Crippen molar-refractivity contribution in [1.82, 2.24) is 10.6 Å². The number of anilines is 1. The molecule has 2 atom stereocenters. The first-order valence-electron chi connectivity index (χ1n) is 7.73. The Morgan fingerprint density at radius 2 is 2.10 bits per heavy atom. The lowest BCUT2D eigenvalue weighted by atomic mass is 10.0. The maximum absolute atomic E-state index is 11.8. The van der Waals surface area contributed by atoms with Crippen molar-refractivity contribution in [1.29, 1.82) is 0 Å². The van der Waals surface area contributed by atoms with Gasteiger partial charge in [-0.2, -0.15) is 0 Å². The van der Waals surface area contributed by atoms with Crippen LogP contribution >= 0.6 is 0 Å². The molecule has 0 aromatic heterocycles. The summed E-state index contributed by atoms with van der Waals surface area (Å²) in [5, 5.41) is 6.38. The van der Waals surface area contributed by atoms with Crippen molar-refractivity contribution < 1.29 is 4.79 Å². The van der Waals surface area contributed by atoms with Gasteiger partial charge >= 0.3 is 0 Å². The molecule has 2 aliphatic rings. The monoisotopic (exact) mass is 285 g/mol. The quantitative estimate of drug-likeness (QED) is 0.814. The summed E-state index contributed by atoms with van der Waals surface area (Å²) in [6.45, 7) is 7.20. The Hall–Kier alpha value is -1.81. The van der Waals surface area contributed by atoms with E-state index >= 15 is 0 Å². The minimum absolute atomic E-state index is 0.0755. The zero-order chi connectivity index (χ0) is 14.8. The number of piperazine rings is 1. The summed E-state index contributed by atoms with van der Waals surface area (Å²) in [7, 11) is 0. The second kappa shape index (κ2) is 5.90. The van der Waals surface area contributed by atoms with Crippen molar-refractivity contribution in [3.8, 4) is 0 Å². The predicted molar refractivity (Wildman–Crippen MR) is 86.3 cm³/mol. The Bertz CT molecular complexity index is 567. The number of hydrogen-bond donors (Lipinski definition) is 2. The van der Waals surface area contributed by atoms with Crippen LogP contribution in [-0.4, -0.2) is 37.6 Å². The Morgan fingerprint density at radius 1 is 1.29 bits per heavy atom. The zero-order valence-corrected chi connectivity index (χ0v) is 12.7. The van der Waals surface area contributed by atoms with E-state index in [0.29, 0.717) is 12.1 Å². The fourth-order valence-electron chi connectivity index (χ4n) is 3.09. The highest BCUT2D eigenvalue weighted by Gasteiger charge is 2.24. The average molecular weight is 285 g/mol. The van der Waals surface area contributed by atoms with Gasteiger partial charge in [0.05, 0.1) is 0 Å². The lowest BCUT2D eigenvalue weighted by Crippen LogP contribution is -2.54. The first-order chi connectivity index (χ1) is 10.1. The van der Waals surface area contributed by atoms with Gasteiger partial charge in [0.15, 0.2) is 0 Å². The van der Waals surface area contributed by atoms with Crippen molar-refractivity contribution in [3.63, 3.8) is 0 Å². The number of nitrogens with zero attached hydrogens (tertiary/aromatic N) is 1. The highest BCUT2D eigenvalue weighted by atomic mass is 16.1. The van der Waals surface area contributed by atoms with E-state index in [1.165, 1.54) is 5.69 Å². The topological polar surface area (TPSA) is 44.4 Å². The lowest BCUT2D eigenvalue weighted by molar-refractivity contribution is -0.116. The van der Waals surface area contributed by atoms with E-state index < -0.39 is 0 Å². The van der Waals surface area contributed by atoms with E-state index in [0.717, 1.165) is 37.2 Å². The molecule has 2 aliphatic heterocycles. The summed E-state index contributed by atoms with van der Waals surface area (Å²) in [5.74, 6) is 0.0755. The van der Waals surface area contributed by atoms with Gasteiger partial charge in [0.2, 0.25) is 5.91 Å². The minimum Gasteiger partial charge on any atom is -0.366 e. The predicted octanol–water partition coefficient (Wildman–Crippen LogP) is 1.78. The molecule has 1 aromatic rings. The largest absolute Gasteiger partial charge is 0.366 e. The smallest absolute Gasteiger partial charge is 0.247 e. The molecule has 2 saturated heterocycles. The fourth-order valence-corrected chi connectivity index (χ4v) is 3.09. The van der Waals surface area contributed by atoms with Crippen molar-refractivity contribution in [2.75, 3.05) is 24.5 Å². The van der Waals surface area contributed by atoms with Crippen LogP contribution in [0.25, 0.3) is 6.08 Å². The Morgan fingerprint density at radius 3 is 2.86 bits per heavy atom. The van der Waals surface area contributed by atoms with E-state index in [-0.39, 0.29) is 5.91 Å². The van der Waals surface area contributed by atoms with E-state index in [2.05, 4.69) is 53.7 Å². The molecule has 0 radical (unpaired) electrons. The van der Waals surface area contributed by atoms with Crippen LogP contribution in [0.3, 0.4) is 0 Å². The van der Waals surface area contributed by atoms with Crippen molar-refractivity contribution in [3.05, 3.63) is 35.4 Å². The summed E-state index contributed by atoms with van der Waals surface area (Å²) in [5.41, 5.74) is 3.26. The van der Waals surface area contributed by atoms with Crippen molar-refractivity contribution in [2.24, 2.45) is 0 Å². The highest BCUT2D eigenvalue weighted by Crippen LogP contribution is 2.27. The Labute approximate surface area is 126 Å². The summed E-state index contributed by atoms with van der Waals surface area (Å²) < 4.78 is 0. The van der Waals surface area contributed by atoms with Gasteiger partial charge in [0.25, 0.3) is 0 Å². The molecule has 1 amide bonds. The summed E-state index contributed by atoms with van der Waals surface area (Å²) in [6.07, 6.45) is 2.87. The third-order valence-corrected chi connectivity index (χ3v) is 4.31. The number of benzene rings is 1. The SMILES string of the molecule is CC1CN(c2ccccc2C=C2CCNC2=O)C(C)CN1. The van der Waals surface area contributed by atoms with Crippen molar-refractivity contribution >= 4 is 17.7 Å². The Kier molecular flexibility index (Phi) is 3.97. The van der Waals surface area contributed by atoms with Gasteiger partial charge in [-0.05, 0) is 38.0 Å². The molecule has 0 spiro atoms. The molecule has 21 heavy (non-hydrogen) atoms. The molecule has 2 fully saturated rings. The molecule has 2 unspecified atom stereocenters. The molecule has 4 heteroatoms. The number of nitrogens with one attached hydrogen (secondary N) is 2. The standard InChI is InChI=1S/C17H23N3O/c1-12-11-20(13(2)10-19-12)16-6-4-3-5-14(16)9-15-7-8-18-17(15)21/h3-6,9,12-13,19H,7-8,10-11H2,1-2H3,(H,18,21). The van der Waals surface area contributed by atoms with Gasteiger partial charge < -0.3 is 15.5 Å². The van der Waals surface area contributed by atoms with Crippen LogP contribution < -0.4 is 15.5 Å². The molecule has 3 rings (SSSR count). The van der Waals surface area contributed by atoms with E-state index in [4.69, 9.17) is 0 Å². The summed E-state index contributed by atoms with van der Waals surface area (Å²) in [6, 6.07) is 9.32. The van der Waals surface area contributed by atoms with E-state index in [1.54, 1.807) is 0 Å². The molecule has 112 valence electrons. The normalized spacial score (nSPS) is 28.0. The lowest BCUT2D eigenvalue weighted by Gasteiger charge is -2.40. The second-order valence-corrected chi connectivity index (χ2v) is 6.04. The third-order valence-electron chi connectivity index (χ3n) is 4.31. The van der Waals surface area contributed by atoms with Crippen LogP contribution in [0.1, 0.15) is 25.8 Å². The third kappa shape index (κ3) is 2.95. The first-order valence-corrected chi connectivity index (χ1v) is 7.73. The highest BCUT2D eigenvalue weighted by molar-refractivity contribution is 6.00. The molecular weight excluding hydrogens is 262 g/mol. The number of carbonyl (C=O) groups is 1. The number of hydrogen-bond acceptors (Lipinski definition) is 3. The van der Waals surface area contributed by atoms with Crippen LogP contribution in [0.5, 0.6) is 0 Å². The molecule has 0 aliphatic carbocycles. The van der Waals surface area contributed by atoms with E-state index in [9.17, 15) is 4.79 Å². The maximum atomic E-state index is 11.8. The van der Waals surface area contributed by atoms with Crippen LogP contribution in [0.2, 0.25) is 0 Å². The maximum Gasteiger partial charge on any atom is 0.247 e. The van der Waals surface area contributed by atoms with Gasteiger partial charge in [-0.3, -0.25) is 4.79 Å². The number of para-hydroxylation sites is 1. The number of amides is 1. The van der Waals surface area contributed by atoms with Gasteiger partial charge in [0.1, 0.15) is 0 Å². The molecule has 2 heterocycles. The van der Waals surface area contributed by atoms with E-state index in [1.807, 2.05) is 6.07 Å². The Balaban J connectivity index is 1.94.